The van der Waals surface area contributed by atoms with Crippen molar-refractivity contribution in [1.29, 1.82) is 0 Å². The molecule has 0 heterocycles. The first-order chi connectivity index (χ1) is 15.4. The van der Waals surface area contributed by atoms with E-state index in [1.807, 2.05) is 38.1 Å². The Bertz CT molecular complexity index is 1100. The lowest BCUT2D eigenvalue weighted by Crippen LogP contribution is -2.19. The third kappa shape index (κ3) is 6.92. The number of nitrogens with one attached hydrogen (secondary N) is 1. The summed E-state index contributed by atoms with van der Waals surface area (Å²) in [6.45, 7) is 4.82. The molecule has 3 aromatic rings. The maximum absolute atomic E-state index is 13.0. The summed E-state index contributed by atoms with van der Waals surface area (Å²) in [4.78, 5) is 12.0. The molecule has 7 heteroatoms. The quantitative estimate of drug-likeness (QED) is 0.310. The highest BCUT2D eigenvalue weighted by Gasteiger charge is 2.12. The number of amides is 1. The largest absolute Gasteiger partial charge is 0.490 e. The number of hydrazone groups is 1. The zero-order chi connectivity index (χ0) is 22.9. The molecule has 166 valence electrons. The van der Waals surface area contributed by atoms with E-state index in [4.69, 9.17) is 9.47 Å². The van der Waals surface area contributed by atoms with Crippen LogP contribution >= 0.6 is 15.9 Å². The zero-order valence-corrected chi connectivity index (χ0v) is 19.5. The van der Waals surface area contributed by atoms with Gasteiger partial charge in [-0.05, 0) is 70.7 Å². The molecule has 0 unspecified atom stereocenters. The van der Waals surface area contributed by atoms with Crippen LogP contribution in [-0.2, 0) is 17.8 Å². The highest BCUT2D eigenvalue weighted by atomic mass is 79.9. The van der Waals surface area contributed by atoms with Crippen molar-refractivity contribution in [3.8, 4) is 11.5 Å². The minimum absolute atomic E-state index is 0.108. The second-order valence-electron chi connectivity index (χ2n) is 7.14. The van der Waals surface area contributed by atoms with E-state index >= 15 is 0 Å². The van der Waals surface area contributed by atoms with Gasteiger partial charge in [0.2, 0.25) is 5.91 Å². The van der Waals surface area contributed by atoms with Gasteiger partial charge in [-0.3, -0.25) is 4.79 Å². The molecule has 0 atom stereocenters. The van der Waals surface area contributed by atoms with Crippen LogP contribution in [0.5, 0.6) is 11.5 Å². The monoisotopic (exact) mass is 498 g/mol. The second-order valence-corrected chi connectivity index (χ2v) is 7.99. The molecule has 3 aromatic carbocycles. The SMILES string of the molecule is CCOc1cc(/C=N/NC(=O)Cc2ccc(F)cc2)cc(Br)c1OCc1cccc(C)c1. The summed E-state index contributed by atoms with van der Waals surface area (Å²) in [6.07, 6.45) is 1.64. The van der Waals surface area contributed by atoms with Gasteiger partial charge in [0.15, 0.2) is 11.5 Å². The van der Waals surface area contributed by atoms with Crippen LogP contribution < -0.4 is 14.9 Å². The zero-order valence-electron chi connectivity index (χ0n) is 17.9. The minimum Gasteiger partial charge on any atom is -0.490 e. The normalized spacial score (nSPS) is 10.9. The van der Waals surface area contributed by atoms with Gasteiger partial charge in [-0.25, -0.2) is 9.82 Å². The Kier molecular flexibility index (Phi) is 8.39. The Hall–Kier alpha value is -3.19. The predicted molar refractivity (Wildman–Crippen MR) is 127 cm³/mol. The highest BCUT2D eigenvalue weighted by molar-refractivity contribution is 9.10. The van der Waals surface area contributed by atoms with Gasteiger partial charge >= 0.3 is 0 Å². The molecule has 0 fully saturated rings. The van der Waals surface area contributed by atoms with Crippen molar-refractivity contribution < 1.29 is 18.7 Å². The fourth-order valence-corrected chi connectivity index (χ4v) is 3.60. The number of ether oxygens (including phenoxy) is 2. The van der Waals surface area contributed by atoms with Gasteiger partial charge in [0, 0.05) is 0 Å². The van der Waals surface area contributed by atoms with E-state index in [0.29, 0.717) is 30.3 Å². The molecule has 0 saturated heterocycles. The number of halogens is 2. The van der Waals surface area contributed by atoms with Gasteiger partial charge in [-0.15, -0.1) is 0 Å². The molecule has 32 heavy (non-hydrogen) atoms. The van der Waals surface area contributed by atoms with Crippen LogP contribution in [0.1, 0.15) is 29.2 Å². The van der Waals surface area contributed by atoms with E-state index in [0.717, 1.165) is 15.6 Å². The first-order valence-electron chi connectivity index (χ1n) is 10.2. The van der Waals surface area contributed by atoms with Gasteiger partial charge < -0.3 is 9.47 Å². The van der Waals surface area contributed by atoms with Gasteiger partial charge in [0.25, 0.3) is 0 Å². The first-order valence-corrected chi connectivity index (χ1v) is 10.9. The van der Waals surface area contributed by atoms with Crippen LogP contribution in [-0.4, -0.2) is 18.7 Å². The molecular formula is C25H24BrFN2O3. The minimum atomic E-state index is -0.339. The van der Waals surface area contributed by atoms with Crippen molar-refractivity contribution in [3.05, 3.63) is 93.2 Å². The maximum atomic E-state index is 13.0. The fourth-order valence-electron chi connectivity index (χ4n) is 3.03. The van der Waals surface area contributed by atoms with Crippen LogP contribution in [0.25, 0.3) is 0 Å². The van der Waals surface area contributed by atoms with Gasteiger partial charge in [-0.1, -0.05) is 42.0 Å². The Morgan fingerprint density at radius 1 is 1.09 bits per heavy atom. The molecule has 0 spiro atoms. The summed E-state index contributed by atoms with van der Waals surface area (Å²) in [5.74, 6) is 0.545. The summed E-state index contributed by atoms with van der Waals surface area (Å²) in [5, 5.41) is 4.01. The molecule has 1 amide bonds. The molecule has 5 nitrogen and oxygen atoms in total. The van der Waals surface area contributed by atoms with Crippen molar-refractivity contribution in [2.75, 3.05) is 6.61 Å². The number of hydrogen-bond acceptors (Lipinski definition) is 4. The van der Waals surface area contributed by atoms with Crippen LogP contribution in [0.3, 0.4) is 0 Å². The van der Waals surface area contributed by atoms with Crippen LogP contribution in [0, 0.1) is 12.7 Å². The van der Waals surface area contributed by atoms with Crippen molar-refractivity contribution >= 4 is 28.1 Å². The summed E-state index contributed by atoms with van der Waals surface area (Å²) in [7, 11) is 0. The second kappa shape index (κ2) is 11.4. The van der Waals surface area contributed by atoms with Crippen molar-refractivity contribution in [1.82, 2.24) is 5.43 Å². The summed E-state index contributed by atoms with van der Waals surface area (Å²) in [6, 6.07) is 17.5. The van der Waals surface area contributed by atoms with Gasteiger partial charge in [0.05, 0.1) is 23.7 Å². The molecule has 0 radical (unpaired) electrons. The Balaban J connectivity index is 1.66. The number of benzene rings is 3. The van der Waals surface area contributed by atoms with Crippen LogP contribution in [0.2, 0.25) is 0 Å². The number of nitrogens with zero attached hydrogens (tertiary/aromatic N) is 1. The summed E-state index contributed by atoms with van der Waals surface area (Å²) < 4.78 is 25.5. The molecule has 1 N–H and O–H groups in total. The number of aryl methyl sites for hydroxylation is 1. The van der Waals surface area contributed by atoms with Crippen molar-refractivity contribution in [2.45, 2.75) is 26.9 Å². The van der Waals surface area contributed by atoms with Crippen molar-refractivity contribution in [3.63, 3.8) is 0 Å². The van der Waals surface area contributed by atoms with Gasteiger partial charge in [0.1, 0.15) is 12.4 Å². The summed E-state index contributed by atoms with van der Waals surface area (Å²) >= 11 is 3.54. The fraction of sp³-hybridized carbons (Fsp3) is 0.200. The predicted octanol–water partition coefficient (Wildman–Crippen LogP) is 5.57. The Labute approximate surface area is 195 Å². The average molecular weight is 499 g/mol. The molecule has 0 aliphatic rings. The highest BCUT2D eigenvalue weighted by Crippen LogP contribution is 2.37. The number of carbonyl (C=O) groups excluding carboxylic acids is 1. The van der Waals surface area contributed by atoms with E-state index in [-0.39, 0.29) is 18.1 Å². The molecule has 0 bridgehead atoms. The number of carbonyl (C=O) groups is 1. The average Bonchev–Trinajstić information content (AvgIpc) is 2.75. The molecule has 0 aliphatic carbocycles. The first kappa shape index (κ1) is 23.5. The maximum Gasteiger partial charge on any atom is 0.244 e. The number of hydrogen-bond donors (Lipinski definition) is 1. The third-order valence-corrected chi connectivity index (χ3v) is 5.07. The standard InChI is InChI=1S/C25H24BrFN2O3/c1-3-31-23-13-20(15-28-29-24(30)14-18-7-9-21(27)10-8-18)12-22(26)25(23)32-16-19-6-4-5-17(2)11-19/h4-13,15H,3,14,16H2,1-2H3,(H,29,30)/b28-15+. The molecule has 0 aliphatic heterocycles. The van der Waals surface area contributed by atoms with E-state index in [2.05, 4.69) is 32.5 Å². The van der Waals surface area contributed by atoms with E-state index < -0.39 is 0 Å². The smallest absolute Gasteiger partial charge is 0.244 e. The molecule has 0 saturated carbocycles. The Morgan fingerprint density at radius 3 is 2.59 bits per heavy atom. The molecule has 3 rings (SSSR count). The third-order valence-electron chi connectivity index (χ3n) is 4.48. The van der Waals surface area contributed by atoms with Gasteiger partial charge in [-0.2, -0.15) is 5.10 Å². The summed E-state index contributed by atoms with van der Waals surface area (Å²) in [5.41, 5.74) is 6.15. The topological polar surface area (TPSA) is 59.9 Å². The molecular weight excluding hydrogens is 475 g/mol. The Morgan fingerprint density at radius 2 is 1.88 bits per heavy atom. The lowest BCUT2D eigenvalue weighted by atomic mass is 10.1. The van der Waals surface area contributed by atoms with E-state index in [1.54, 1.807) is 18.2 Å². The molecule has 0 aromatic heterocycles. The van der Waals surface area contributed by atoms with Crippen molar-refractivity contribution in [2.24, 2.45) is 5.10 Å². The van der Waals surface area contributed by atoms with E-state index in [9.17, 15) is 9.18 Å². The van der Waals surface area contributed by atoms with E-state index in [1.165, 1.54) is 23.9 Å². The lowest BCUT2D eigenvalue weighted by Gasteiger charge is -2.15. The number of rotatable bonds is 9. The van der Waals surface area contributed by atoms with Crippen LogP contribution in [0.15, 0.2) is 70.2 Å². The van der Waals surface area contributed by atoms with Crippen LogP contribution in [0.4, 0.5) is 4.39 Å². The lowest BCUT2D eigenvalue weighted by molar-refractivity contribution is -0.120.